The normalized spacial score (nSPS) is 20.0. The van der Waals surface area contributed by atoms with Crippen LogP contribution in [0.15, 0.2) is 30.6 Å². The number of rotatable bonds is 5. The molecule has 1 saturated heterocycles. The van der Waals surface area contributed by atoms with Crippen LogP contribution >= 0.6 is 0 Å². The lowest BCUT2D eigenvalue weighted by Crippen LogP contribution is -2.46. The second-order valence-electron chi connectivity index (χ2n) is 7.25. The first kappa shape index (κ1) is 19.1. The maximum absolute atomic E-state index is 6.42. The highest BCUT2D eigenvalue weighted by Gasteiger charge is 2.25. The fourth-order valence-corrected chi connectivity index (χ4v) is 3.28. The highest BCUT2D eigenvalue weighted by atomic mass is 16.5. The summed E-state index contributed by atoms with van der Waals surface area (Å²) in [5.74, 6) is 1.56. The van der Waals surface area contributed by atoms with Gasteiger partial charge in [0.25, 0.3) is 0 Å². The molecular weight excluding hydrogens is 342 g/mol. The summed E-state index contributed by atoms with van der Waals surface area (Å²) in [4.78, 5) is 11.0. The molecule has 0 bridgehead atoms. The Morgan fingerprint density at radius 3 is 2.59 bits per heavy atom. The standard InChI is InChI=1S/C20H27N5O2/c1-12(2)26-15-5-6-17(21)16(7-15)20(22)18-8-19(24-11-23-18)25-9-13(3)27-14(4)10-25/h5-8,11-14,22H,9-10,21H2,1-4H3/p+1/t13-,14+. The third-order valence-electron chi connectivity index (χ3n) is 4.36. The summed E-state index contributed by atoms with van der Waals surface area (Å²) in [6.07, 6.45) is 1.90. The summed E-state index contributed by atoms with van der Waals surface area (Å²) < 4.78 is 11.6. The lowest BCUT2D eigenvalue weighted by Gasteiger charge is -2.36. The van der Waals surface area contributed by atoms with E-state index in [0.29, 0.717) is 22.7 Å². The molecule has 7 nitrogen and oxygen atoms in total. The van der Waals surface area contributed by atoms with Gasteiger partial charge in [-0.25, -0.2) is 9.97 Å². The highest BCUT2D eigenvalue weighted by molar-refractivity contribution is 6.11. The summed E-state index contributed by atoms with van der Waals surface area (Å²) in [7, 11) is 0. The number of hydrogen-bond acceptors (Lipinski definition) is 6. The maximum atomic E-state index is 6.42. The van der Waals surface area contributed by atoms with Crippen molar-refractivity contribution >= 4 is 17.2 Å². The van der Waals surface area contributed by atoms with Crippen molar-refractivity contribution in [2.75, 3.05) is 23.7 Å². The van der Waals surface area contributed by atoms with Crippen LogP contribution in [-0.2, 0) is 4.74 Å². The minimum absolute atomic E-state index is 0.0682. The van der Waals surface area contributed by atoms with Crippen LogP contribution in [0, 0.1) is 0 Å². The van der Waals surface area contributed by atoms with E-state index in [0.717, 1.165) is 24.7 Å². The molecule has 0 saturated carbocycles. The van der Waals surface area contributed by atoms with Crippen LogP contribution in [0.4, 0.5) is 11.5 Å². The topological polar surface area (TPSA) is 99.1 Å². The van der Waals surface area contributed by atoms with Crippen molar-refractivity contribution in [3.05, 3.63) is 41.9 Å². The molecule has 0 amide bonds. The van der Waals surface area contributed by atoms with Crippen LogP contribution in [0.3, 0.4) is 0 Å². The molecule has 1 aromatic carbocycles. The van der Waals surface area contributed by atoms with E-state index < -0.39 is 0 Å². The fraction of sp³-hybridized carbons (Fsp3) is 0.450. The SMILES string of the molecule is CC(C)Oc1ccc(N)c(C(=[NH2+])c2cc(N3C[C@@H](C)O[C@@H](C)C3)ncn2)c1. The Bertz CT molecular complexity index is 814. The summed E-state index contributed by atoms with van der Waals surface area (Å²) in [5, 5.41) is 6.42. The number of nitrogens with zero attached hydrogens (tertiary/aromatic N) is 3. The molecule has 27 heavy (non-hydrogen) atoms. The summed E-state index contributed by atoms with van der Waals surface area (Å²) in [6, 6.07) is 7.39. The molecule has 0 radical (unpaired) electrons. The molecule has 0 aliphatic carbocycles. The van der Waals surface area contributed by atoms with E-state index in [2.05, 4.69) is 28.7 Å². The lowest BCUT2D eigenvalue weighted by molar-refractivity contribution is -0.111. The van der Waals surface area contributed by atoms with Gasteiger partial charge in [0.05, 0.1) is 23.9 Å². The molecule has 1 aliphatic rings. The van der Waals surface area contributed by atoms with Gasteiger partial charge in [-0.15, -0.1) is 0 Å². The van der Waals surface area contributed by atoms with Gasteiger partial charge in [-0.05, 0) is 45.9 Å². The molecule has 144 valence electrons. The van der Waals surface area contributed by atoms with Gasteiger partial charge in [0, 0.05) is 24.8 Å². The Morgan fingerprint density at radius 2 is 1.93 bits per heavy atom. The average Bonchev–Trinajstić information content (AvgIpc) is 2.61. The number of anilines is 2. The van der Waals surface area contributed by atoms with E-state index in [4.69, 9.17) is 20.6 Å². The molecule has 2 atom stereocenters. The quantitative estimate of drug-likeness (QED) is 0.603. The van der Waals surface area contributed by atoms with E-state index >= 15 is 0 Å². The number of hydrogen-bond donors (Lipinski definition) is 2. The summed E-state index contributed by atoms with van der Waals surface area (Å²) in [6.45, 7) is 9.63. The lowest BCUT2D eigenvalue weighted by atomic mass is 10.0. The van der Waals surface area contributed by atoms with Crippen molar-refractivity contribution in [1.82, 2.24) is 9.97 Å². The minimum Gasteiger partial charge on any atom is -0.491 e. The molecular formula is C20H28N5O2+. The predicted molar refractivity (Wildman–Crippen MR) is 106 cm³/mol. The molecule has 2 aromatic rings. The van der Waals surface area contributed by atoms with Gasteiger partial charge in [0.15, 0.2) is 0 Å². The highest BCUT2D eigenvalue weighted by Crippen LogP contribution is 2.24. The molecule has 7 heteroatoms. The van der Waals surface area contributed by atoms with Crippen LogP contribution in [0.1, 0.15) is 39.0 Å². The Balaban J connectivity index is 1.88. The average molecular weight is 370 g/mol. The van der Waals surface area contributed by atoms with Crippen molar-refractivity contribution in [3.63, 3.8) is 0 Å². The zero-order chi connectivity index (χ0) is 19.6. The van der Waals surface area contributed by atoms with Crippen molar-refractivity contribution in [2.24, 2.45) is 0 Å². The van der Waals surface area contributed by atoms with Crippen LogP contribution in [0.25, 0.3) is 0 Å². The van der Waals surface area contributed by atoms with Gasteiger partial charge in [-0.1, -0.05) is 0 Å². The van der Waals surface area contributed by atoms with Crippen molar-refractivity contribution in [1.29, 1.82) is 0 Å². The predicted octanol–water partition coefficient (Wildman–Crippen LogP) is 1.06. The number of ether oxygens (including phenoxy) is 2. The first-order valence-corrected chi connectivity index (χ1v) is 9.25. The summed E-state index contributed by atoms with van der Waals surface area (Å²) >= 11 is 0. The van der Waals surface area contributed by atoms with Gasteiger partial charge in [-0.2, -0.15) is 0 Å². The fourth-order valence-electron chi connectivity index (χ4n) is 3.28. The van der Waals surface area contributed by atoms with E-state index in [1.165, 1.54) is 6.33 Å². The van der Waals surface area contributed by atoms with Crippen molar-refractivity contribution < 1.29 is 14.9 Å². The monoisotopic (exact) mass is 370 g/mol. The number of morpholine rings is 1. The van der Waals surface area contributed by atoms with E-state index in [9.17, 15) is 0 Å². The van der Waals surface area contributed by atoms with Gasteiger partial charge in [0.1, 0.15) is 23.6 Å². The van der Waals surface area contributed by atoms with Crippen LogP contribution in [-0.4, -0.2) is 47.1 Å². The first-order valence-electron chi connectivity index (χ1n) is 9.25. The molecule has 3 rings (SSSR count). The molecule has 0 spiro atoms. The number of nitrogen functional groups attached to an aromatic ring is 1. The van der Waals surface area contributed by atoms with E-state index in [1.54, 1.807) is 6.07 Å². The third kappa shape index (κ3) is 4.54. The zero-order valence-electron chi connectivity index (χ0n) is 16.3. The van der Waals surface area contributed by atoms with Gasteiger partial charge in [-0.3, -0.25) is 5.41 Å². The van der Waals surface area contributed by atoms with E-state index in [1.807, 2.05) is 32.0 Å². The molecule has 1 aliphatic heterocycles. The number of benzene rings is 1. The van der Waals surface area contributed by atoms with Crippen LogP contribution in [0.2, 0.25) is 0 Å². The molecule has 1 aromatic heterocycles. The van der Waals surface area contributed by atoms with Crippen LogP contribution < -0.4 is 20.8 Å². The van der Waals surface area contributed by atoms with Crippen molar-refractivity contribution in [3.8, 4) is 5.75 Å². The van der Waals surface area contributed by atoms with Crippen molar-refractivity contribution in [2.45, 2.75) is 46.0 Å². The largest absolute Gasteiger partial charge is 0.491 e. The van der Waals surface area contributed by atoms with Gasteiger partial charge in [0.2, 0.25) is 5.71 Å². The minimum atomic E-state index is 0.0682. The Morgan fingerprint density at radius 1 is 1.22 bits per heavy atom. The zero-order valence-corrected chi connectivity index (χ0v) is 16.3. The maximum Gasteiger partial charge on any atom is 0.232 e. The van der Waals surface area contributed by atoms with Crippen LogP contribution in [0.5, 0.6) is 5.75 Å². The second kappa shape index (κ2) is 7.92. The molecule has 4 N–H and O–H groups in total. The molecule has 2 heterocycles. The summed E-state index contributed by atoms with van der Waals surface area (Å²) in [5.41, 5.74) is 8.58. The Hall–Kier alpha value is -2.67. The number of aromatic nitrogens is 2. The Kier molecular flexibility index (Phi) is 5.60. The third-order valence-corrected chi connectivity index (χ3v) is 4.36. The molecule has 0 unspecified atom stereocenters. The molecule has 1 fully saturated rings. The van der Waals surface area contributed by atoms with Gasteiger partial charge < -0.3 is 20.1 Å². The number of nitrogens with two attached hydrogens (primary N) is 2. The van der Waals surface area contributed by atoms with E-state index in [-0.39, 0.29) is 18.3 Å². The van der Waals surface area contributed by atoms with Gasteiger partial charge >= 0.3 is 0 Å². The smallest absolute Gasteiger partial charge is 0.232 e. The Labute approximate surface area is 160 Å². The first-order chi connectivity index (χ1) is 12.8. The second-order valence-corrected chi connectivity index (χ2v) is 7.25.